The normalized spacial score (nSPS) is 16.2. The fourth-order valence-corrected chi connectivity index (χ4v) is 2.61. The molecule has 1 aromatic heterocycles. The summed E-state index contributed by atoms with van der Waals surface area (Å²) in [5, 5.41) is 25.1. The largest absolute Gasteiger partial charge is 0.490 e. The molecule has 1 aliphatic rings. The predicted octanol–water partition coefficient (Wildman–Crippen LogP) is 1.45. The van der Waals surface area contributed by atoms with Crippen LogP contribution in [0.2, 0.25) is 0 Å². The summed E-state index contributed by atoms with van der Waals surface area (Å²) < 4.78 is 5.52. The molecule has 0 saturated heterocycles. The van der Waals surface area contributed by atoms with Gasteiger partial charge in [0.05, 0.1) is 23.6 Å². The van der Waals surface area contributed by atoms with Crippen LogP contribution in [0.3, 0.4) is 0 Å². The Balaban J connectivity index is 1.78. The van der Waals surface area contributed by atoms with Gasteiger partial charge in [0, 0.05) is 12.6 Å². The minimum Gasteiger partial charge on any atom is -0.490 e. The number of H-pyrrole nitrogens is 1. The van der Waals surface area contributed by atoms with Gasteiger partial charge in [-0.05, 0) is 25.1 Å². The van der Waals surface area contributed by atoms with Crippen LogP contribution in [-0.4, -0.2) is 40.1 Å². The Morgan fingerprint density at radius 3 is 3.00 bits per heavy atom. The molecule has 1 unspecified atom stereocenters. The molecule has 1 aliphatic heterocycles. The van der Waals surface area contributed by atoms with E-state index in [0.717, 1.165) is 0 Å². The van der Waals surface area contributed by atoms with Gasteiger partial charge < -0.3 is 14.7 Å². The van der Waals surface area contributed by atoms with E-state index in [9.17, 15) is 9.90 Å². The highest BCUT2D eigenvalue weighted by atomic mass is 16.5. The van der Waals surface area contributed by atoms with Crippen molar-refractivity contribution in [2.24, 2.45) is 0 Å². The SMILES string of the molecule is CC(O)(CC(=N)C(=O)N1CCOc2ccccc21)c1ccn[nH]1. The number of nitrogens with zero attached hydrogens (tertiary/aromatic N) is 2. The van der Waals surface area contributed by atoms with E-state index in [1.807, 2.05) is 12.1 Å². The van der Waals surface area contributed by atoms with Gasteiger partial charge in [-0.2, -0.15) is 5.10 Å². The maximum atomic E-state index is 12.6. The van der Waals surface area contributed by atoms with Crippen LogP contribution in [0.5, 0.6) is 5.75 Å². The van der Waals surface area contributed by atoms with Crippen LogP contribution in [0.4, 0.5) is 5.69 Å². The quantitative estimate of drug-likeness (QED) is 0.743. The number of aliphatic hydroxyl groups is 1. The number of amides is 1. The number of rotatable bonds is 4. The van der Waals surface area contributed by atoms with Crippen molar-refractivity contribution >= 4 is 17.3 Å². The second-order valence-electron chi connectivity index (χ2n) is 5.67. The molecule has 23 heavy (non-hydrogen) atoms. The van der Waals surface area contributed by atoms with Gasteiger partial charge in [-0.3, -0.25) is 15.3 Å². The van der Waals surface area contributed by atoms with Crippen molar-refractivity contribution in [1.82, 2.24) is 10.2 Å². The summed E-state index contributed by atoms with van der Waals surface area (Å²) in [5.74, 6) is 0.195. The molecular weight excluding hydrogens is 296 g/mol. The van der Waals surface area contributed by atoms with E-state index in [2.05, 4.69) is 10.2 Å². The summed E-state index contributed by atoms with van der Waals surface area (Å²) in [6.07, 6.45) is 1.42. The van der Waals surface area contributed by atoms with E-state index in [-0.39, 0.29) is 12.1 Å². The first-order valence-corrected chi connectivity index (χ1v) is 7.32. The number of benzene rings is 1. The molecule has 1 amide bonds. The smallest absolute Gasteiger partial charge is 0.272 e. The number of carbonyl (C=O) groups excluding carboxylic acids is 1. The van der Waals surface area contributed by atoms with Crippen molar-refractivity contribution in [2.75, 3.05) is 18.1 Å². The summed E-state index contributed by atoms with van der Waals surface area (Å²) in [5.41, 5.74) is -0.400. The van der Waals surface area contributed by atoms with Gasteiger partial charge in [-0.25, -0.2) is 0 Å². The molecule has 0 bridgehead atoms. The second kappa shape index (κ2) is 5.85. The molecule has 3 N–H and O–H groups in total. The Labute approximate surface area is 133 Å². The van der Waals surface area contributed by atoms with E-state index >= 15 is 0 Å². The first-order chi connectivity index (χ1) is 11.0. The van der Waals surface area contributed by atoms with E-state index in [1.54, 1.807) is 25.1 Å². The van der Waals surface area contributed by atoms with Gasteiger partial charge in [0.25, 0.3) is 5.91 Å². The van der Waals surface area contributed by atoms with Crippen molar-refractivity contribution in [2.45, 2.75) is 18.9 Å². The van der Waals surface area contributed by atoms with E-state index in [4.69, 9.17) is 10.1 Å². The Kier molecular flexibility index (Phi) is 3.87. The van der Waals surface area contributed by atoms with Gasteiger partial charge in [0.15, 0.2) is 0 Å². The predicted molar refractivity (Wildman–Crippen MR) is 84.8 cm³/mol. The van der Waals surface area contributed by atoms with Crippen LogP contribution in [0.25, 0.3) is 0 Å². The number of anilines is 1. The average Bonchev–Trinajstić information content (AvgIpc) is 3.08. The monoisotopic (exact) mass is 314 g/mol. The molecule has 0 aliphatic carbocycles. The number of nitrogens with one attached hydrogen (secondary N) is 2. The van der Waals surface area contributed by atoms with Crippen molar-refractivity contribution in [3.63, 3.8) is 0 Å². The third-order valence-electron chi connectivity index (χ3n) is 3.83. The first-order valence-electron chi connectivity index (χ1n) is 7.32. The zero-order valence-electron chi connectivity index (χ0n) is 12.7. The van der Waals surface area contributed by atoms with Crippen LogP contribution in [0.1, 0.15) is 19.0 Å². The molecule has 0 radical (unpaired) electrons. The van der Waals surface area contributed by atoms with Gasteiger partial charge in [-0.1, -0.05) is 12.1 Å². The number of aromatic nitrogens is 2. The van der Waals surface area contributed by atoms with E-state index in [0.29, 0.717) is 30.3 Å². The van der Waals surface area contributed by atoms with Gasteiger partial charge in [-0.15, -0.1) is 0 Å². The fourth-order valence-electron chi connectivity index (χ4n) is 2.61. The molecule has 1 aromatic carbocycles. The molecule has 7 heteroatoms. The number of carbonyl (C=O) groups is 1. The lowest BCUT2D eigenvalue weighted by Crippen LogP contribution is -2.43. The van der Waals surface area contributed by atoms with Gasteiger partial charge in [0.2, 0.25) is 0 Å². The Hall–Kier alpha value is -2.67. The molecule has 1 atom stereocenters. The second-order valence-corrected chi connectivity index (χ2v) is 5.67. The topological polar surface area (TPSA) is 102 Å². The molecular formula is C16H18N4O3. The van der Waals surface area contributed by atoms with Crippen LogP contribution in [0, 0.1) is 5.41 Å². The lowest BCUT2D eigenvalue weighted by molar-refractivity contribution is -0.113. The maximum absolute atomic E-state index is 12.6. The number of fused-ring (bicyclic) bond motifs is 1. The van der Waals surface area contributed by atoms with Gasteiger partial charge >= 0.3 is 0 Å². The zero-order valence-corrected chi connectivity index (χ0v) is 12.7. The van der Waals surface area contributed by atoms with Gasteiger partial charge in [0.1, 0.15) is 18.0 Å². The van der Waals surface area contributed by atoms with Crippen LogP contribution < -0.4 is 9.64 Å². The van der Waals surface area contributed by atoms with Crippen LogP contribution in [0.15, 0.2) is 36.5 Å². The average molecular weight is 314 g/mol. The molecule has 3 rings (SSSR count). The van der Waals surface area contributed by atoms with Crippen LogP contribution >= 0.6 is 0 Å². The highest BCUT2D eigenvalue weighted by Crippen LogP contribution is 2.32. The van der Waals surface area contributed by atoms with Crippen molar-refractivity contribution in [1.29, 1.82) is 5.41 Å². The number of ether oxygens (including phenoxy) is 1. The lowest BCUT2D eigenvalue weighted by atomic mass is 9.94. The summed E-state index contributed by atoms with van der Waals surface area (Å²) >= 11 is 0. The van der Waals surface area contributed by atoms with Crippen LogP contribution in [-0.2, 0) is 10.4 Å². The van der Waals surface area contributed by atoms with Crippen molar-refractivity contribution in [3.05, 3.63) is 42.2 Å². The maximum Gasteiger partial charge on any atom is 0.272 e. The lowest BCUT2D eigenvalue weighted by Gasteiger charge is -2.30. The summed E-state index contributed by atoms with van der Waals surface area (Å²) in [4.78, 5) is 14.1. The summed E-state index contributed by atoms with van der Waals surface area (Å²) in [7, 11) is 0. The minimum atomic E-state index is -1.35. The summed E-state index contributed by atoms with van der Waals surface area (Å²) in [6.45, 7) is 2.31. The molecule has 0 spiro atoms. The fraction of sp³-hybridized carbons (Fsp3) is 0.312. The number of hydrogen-bond donors (Lipinski definition) is 3. The number of hydrogen-bond acceptors (Lipinski definition) is 5. The standard InChI is InChI=1S/C16H18N4O3/c1-16(22,14-6-7-18-19-14)10-11(17)15(21)20-8-9-23-13-5-3-2-4-12(13)20/h2-7,17,22H,8-10H2,1H3,(H,18,19). The molecule has 0 fully saturated rings. The molecule has 2 aromatic rings. The Bertz CT molecular complexity index is 725. The highest BCUT2D eigenvalue weighted by molar-refractivity contribution is 6.42. The third kappa shape index (κ3) is 2.95. The highest BCUT2D eigenvalue weighted by Gasteiger charge is 2.32. The Morgan fingerprint density at radius 1 is 1.48 bits per heavy atom. The van der Waals surface area contributed by atoms with E-state index < -0.39 is 11.5 Å². The third-order valence-corrected chi connectivity index (χ3v) is 3.83. The first kappa shape index (κ1) is 15.2. The zero-order chi connectivity index (χ0) is 16.4. The van der Waals surface area contributed by atoms with E-state index in [1.165, 1.54) is 11.1 Å². The minimum absolute atomic E-state index is 0.104. The molecule has 2 heterocycles. The molecule has 120 valence electrons. The number of aromatic amines is 1. The van der Waals surface area contributed by atoms with Crippen molar-refractivity contribution < 1.29 is 14.6 Å². The summed E-state index contributed by atoms with van der Waals surface area (Å²) in [6, 6.07) is 8.85. The number of para-hydroxylation sites is 2. The van der Waals surface area contributed by atoms with Crippen molar-refractivity contribution in [3.8, 4) is 5.75 Å². The molecule has 0 saturated carbocycles. The Morgan fingerprint density at radius 2 is 2.26 bits per heavy atom. The molecule has 7 nitrogen and oxygen atoms in total.